The highest BCUT2D eigenvalue weighted by atomic mass is 79.9. The second kappa shape index (κ2) is 6.12. The lowest BCUT2D eigenvalue weighted by Crippen LogP contribution is -2.70. The van der Waals surface area contributed by atoms with Crippen LogP contribution in [-0.2, 0) is 22.8 Å². The minimum absolute atomic E-state index is 0.384. The maximum Gasteiger partial charge on any atom is 0.436 e. The normalized spacial score (nSPS) is 26.6. The molecule has 3 rings (SSSR count). The van der Waals surface area contributed by atoms with Gasteiger partial charge < -0.3 is 15.3 Å². The van der Waals surface area contributed by atoms with Crippen LogP contribution in [0.15, 0.2) is 4.47 Å². The molecule has 2 fully saturated rings. The summed E-state index contributed by atoms with van der Waals surface area (Å²) in [5.74, 6) is -2.66. The second-order valence-corrected chi connectivity index (χ2v) is 9.25. The fourth-order valence-electron chi connectivity index (χ4n) is 3.28. The van der Waals surface area contributed by atoms with E-state index in [1.54, 1.807) is 13.8 Å². The summed E-state index contributed by atoms with van der Waals surface area (Å²) in [7, 11) is 1.18. The second-order valence-electron chi connectivity index (χ2n) is 6.68. The molecule has 0 unspecified atom stereocenters. The molecule has 0 radical (unpaired) electrons. The molecule has 0 saturated carbocycles. The third-order valence-corrected chi connectivity index (χ3v) is 6.76. The van der Waals surface area contributed by atoms with Crippen LogP contribution in [0.3, 0.4) is 0 Å². The van der Waals surface area contributed by atoms with Crippen molar-refractivity contribution >= 4 is 45.5 Å². The van der Waals surface area contributed by atoms with Crippen molar-refractivity contribution in [1.82, 2.24) is 20.0 Å². The number of rotatable bonds is 3. The molecule has 1 aromatic heterocycles. The van der Waals surface area contributed by atoms with Crippen molar-refractivity contribution in [2.75, 3.05) is 0 Å². The monoisotopic (exact) mass is 470 g/mol. The number of carbonyl (C=O) groups is 3. The van der Waals surface area contributed by atoms with Crippen molar-refractivity contribution in [1.29, 1.82) is 0 Å². The van der Waals surface area contributed by atoms with Gasteiger partial charge in [0.25, 0.3) is 5.91 Å². The fourth-order valence-corrected chi connectivity index (χ4v) is 5.65. The molecule has 13 heteroatoms. The summed E-state index contributed by atoms with van der Waals surface area (Å²) in [6.07, 6.45) is -4.75. The quantitative estimate of drug-likeness (QED) is 0.647. The number of amides is 2. The number of nitrogens with zero attached hydrogens (tertiary/aromatic N) is 3. The molecule has 0 aliphatic carbocycles. The van der Waals surface area contributed by atoms with E-state index in [9.17, 15) is 32.7 Å². The smallest absolute Gasteiger partial charge is 0.436 e. The van der Waals surface area contributed by atoms with E-state index in [-0.39, 0.29) is 5.69 Å². The number of aryl methyl sites for hydroxylation is 1. The Hall–Kier alpha value is -1.76. The van der Waals surface area contributed by atoms with Crippen LogP contribution in [0.1, 0.15) is 30.0 Å². The van der Waals surface area contributed by atoms with Gasteiger partial charge in [0.05, 0.1) is 4.47 Å². The number of aliphatic carboxylic acids is 1. The van der Waals surface area contributed by atoms with Crippen LogP contribution in [0.25, 0.3) is 0 Å². The van der Waals surface area contributed by atoms with Crippen molar-refractivity contribution in [3.05, 3.63) is 15.9 Å². The average Bonchev–Trinajstić information content (AvgIpc) is 2.95. The number of aromatic nitrogens is 2. The molecule has 2 saturated heterocycles. The number of fused-ring (bicyclic) bond motifs is 1. The van der Waals surface area contributed by atoms with Gasteiger partial charge in [-0.05, 0) is 29.8 Å². The number of nitrogens with one attached hydrogen (secondary N) is 1. The van der Waals surface area contributed by atoms with Gasteiger partial charge in [-0.25, -0.2) is 4.79 Å². The number of halogens is 4. The van der Waals surface area contributed by atoms with Gasteiger partial charge in [0.15, 0.2) is 5.69 Å². The largest absolute Gasteiger partial charge is 0.480 e. The van der Waals surface area contributed by atoms with Gasteiger partial charge in [0.2, 0.25) is 5.91 Å². The highest BCUT2D eigenvalue weighted by Gasteiger charge is 2.64. The summed E-state index contributed by atoms with van der Waals surface area (Å²) in [6.45, 7) is 3.35. The van der Waals surface area contributed by atoms with Crippen molar-refractivity contribution in [2.24, 2.45) is 7.05 Å². The molecule has 2 N–H and O–H groups in total. The van der Waals surface area contributed by atoms with E-state index in [0.717, 1.165) is 4.68 Å². The van der Waals surface area contributed by atoms with Gasteiger partial charge in [-0.2, -0.15) is 18.3 Å². The first kappa shape index (κ1) is 20.0. The number of carbonyl (C=O) groups excluding carboxylic acids is 2. The van der Waals surface area contributed by atoms with Gasteiger partial charge in [-0.15, -0.1) is 11.8 Å². The molecule has 1 aromatic rings. The lowest BCUT2D eigenvalue weighted by Gasteiger charge is -2.43. The Kier molecular flexibility index (Phi) is 4.53. The number of β-lactam (4-membered cyclic amide) rings is 1. The molecule has 27 heavy (non-hydrogen) atoms. The van der Waals surface area contributed by atoms with Crippen LogP contribution in [-0.4, -0.2) is 59.8 Å². The van der Waals surface area contributed by atoms with Gasteiger partial charge in [0.1, 0.15) is 23.2 Å². The Labute approximate surface area is 163 Å². The molecular weight excluding hydrogens is 457 g/mol. The van der Waals surface area contributed by atoms with Gasteiger partial charge in [0, 0.05) is 11.8 Å². The molecule has 0 bridgehead atoms. The number of carboxylic acid groups (broad SMARTS) is 1. The number of thioether (sulfide) groups is 1. The lowest BCUT2D eigenvalue weighted by atomic mass is 9.96. The topological polar surface area (TPSA) is 105 Å². The maximum absolute atomic E-state index is 12.9. The highest BCUT2D eigenvalue weighted by molar-refractivity contribution is 9.10. The van der Waals surface area contributed by atoms with Gasteiger partial charge in [-0.3, -0.25) is 14.3 Å². The zero-order valence-electron chi connectivity index (χ0n) is 14.2. The van der Waals surface area contributed by atoms with Crippen LogP contribution in [0.5, 0.6) is 0 Å². The molecule has 0 aromatic carbocycles. The third-order valence-electron chi connectivity index (χ3n) is 4.43. The number of hydrogen-bond donors (Lipinski definition) is 2. The molecule has 8 nitrogen and oxygen atoms in total. The lowest BCUT2D eigenvalue weighted by molar-refractivity contribution is -0.159. The van der Waals surface area contributed by atoms with Crippen LogP contribution in [0, 0.1) is 0 Å². The van der Waals surface area contributed by atoms with Crippen LogP contribution in [0.2, 0.25) is 0 Å². The van der Waals surface area contributed by atoms with Crippen molar-refractivity contribution in [3.63, 3.8) is 0 Å². The van der Waals surface area contributed by atoms with E-state index in [0.29, 0.717) is 0 Å². The molecule has 0 spiro atoms. The standard InChI is InChI=1S/C14H14BrF3N4O4S/c1-13(2)8(12(25)26)22-10(24)5(11(22)27-13)19-9(23)6-4(15)7(14(16,17)18)20-21(6)3/h5,8,11H,1-3H3,(H,19,23)(H,25,26)/t5-,8-,11+/m1/s1. The Balaban J connectivity index is 1.83. The summed E-state index contributed by atoms with van der Waals surface area (Å²) in [5, 5.41) is 14.5. The fraction of sp³-hybridized carbons (Fsp3) is 0.571. The summed E-state index contributed by atoms with van der Waals surface area (Å²) in [4.78, 5) is 37.5. The van der Waals surface area contributed by atoms with Crippen molar-refractivity contribution in [2.45, 2.75) is 42.2 Å². The summed E-state index contributed by atoms with van der Waals surface area (Å²) in [5.41, 5.74) is -1.63. The van der Waals surface area contributed by atoms with Crippen molar-refractivity contribution < 1.29 is 32.7 Å². The summed E-state index contributed by atoms with van der Waals surface area (Å²) < 4.78 is 38.3. The van der Waals surface area contributed by atoms with Crippen LogP contribution >= 0.6 is 27.7 Å². The highest BCUT2D eigenvalue weighted by Crippen LogP contribution is 2.50. The predicted molar refractivity (Wildman–Crippen MR) is 90.9 cm³/mol. The van der Waals surface area contributed by atoms with E-state index >= 15 is 0 Å². The number of carboxylic acids is 1. The van der Waals surface area contributed by atoms with E-state index in [4.69, 9.17) is 0 Å². The Morgan fingerprint density at radius 1 is 1.37 bits per heavy atom. The first-order valence-electron chi connectivity index (χ1n) is 7.60. The Morgan fingerprint density at radius 2 is 1.96 bits per heavy atom. The van der Waals surface area contributed by atoms with E-state index in [2.05, 4.69) is 26.3 Å². The number of hydrogen-bond acceptors (Lipinski definition) is 5. The summed E-state index contributed by atoms with van der Waals surface area (Å²) >= 11 is 3.96. The van der Waals surface area contributed by atoms with Gasteiger partial charge in [-0.1, -0.05) is 0 Å². The molecule has 148 valence electrons. The SMILES string of the molecule is Cn1nc(C(F)(F)F)c(Br)c1C(=O)N[C@@H]1C(=O)N2[C@H]1SC(C)(C)[C@H]2C(=O)O. The third kappa shape index (κ3) is 3.00. The zero-order valence-corrected chi connectivity index (χ0v) is 16.6. The first-order chi connectivity index (χ1) is 12.3. The van der Waals surface area contributed by atoms with Crippen LogP contribution in [0.4, 0.5) is 13.2 Å². The average molecular weight is 471 g/mol. The summed E-state index contributed by atoms with van der Waals surface area (Å²) in [6, 6.07) is -2.07. The first-order valence-corrected chi connectivity index (χ1v) is 9.28. The molecule has 3 heterocycles. The maximum atomic E-state index is 12.9. The van der Waals surface area contributed by atoms with E-state index in [1.165, 1.54) is 23.7 Å². The van der Waals surface area contributed by atoms with Gasteiger partial charge >= 0.3 is 12.1 Å². The number of alkyl halides is 3. The Morgan fingerprint density at radius 3 is 2.44 bits per heavy atom. The van der Waals surface area contributed by atoms with Crippen LogP contribution < -0.4 is 5.32 Å². The van der Waals surface area contributed by atoms with E-state index < -0.39 is 56.3 Å². The van der Waals surface area contributed by atoms with E-state index in [1.807, 2.05) is 0 Å². The minimum atomic E-state index is -4.75. The predicted octanol–water partition coefficient (Wildman–Crippen LogP) is 1.45. The molecule has 2 aliphatic rings. The molecule has 3 atom stereocenters. The molecular formula is C14H14BrF3N4O4S. The van der Waals surface area contributed by atoms with Crippen molar-refractivity contribution in [3.8, 4) is 0 Å². The molecule has 2 amide bonds. The molecule has 2 aliphatic heterocycles. The minimum Gasteiger partial charge on any atom is -0.480 e. The zero-order chi connectivity index (χ0) is 20.5. The Bertz CT molecular complexity index is 856.